The Kier molecular flexibility index (Phi) is 4.47. The summed E-state index contributed by atoms with van der Waals surface area (Å²) in [4.78, 5) is 11.2. The second-order valence-electron chi connectivity index (χ2n) is 4.45. The van der Waals surface area contributed by atoms with E-state index in [4.69, 9.17) is 0 Å². The number of nitrogens with zero attached hydrogens (tertiary/aromatic N) is 4. The van der Waals surface area contributed by atoms with Crippen LogP contribution in [0.4, 0.5) is 11.8 Å². The largest absolute Gasteiger partial charge is 0.355 e. The number of anilines is 2. The standard InChI is InChI=1S/C12H20N6S/c1-5-13-12-15-10-9(6-14-17-10)11(16-12)18(3)8(2)7-19-4/h6,8H,5,7H2,1-4H3,(H2,13,14,15,16,17). The van der Waals surface area contributed by atoms with Gasteiger partial charge in [-0.1, -0.05) is 0 Å². The van der Waals surface area contributed by atoms with Crippen molar-refractivity contribution in [1.29, 1.82) is 0 Å². The lowest BCUT2D eigenvalue weighted by Gasteiger charge is -2.26. The first-order chi connectivity index (χ1) is 9.17. The van der Waals surface area contributed by atoms with Crippen molar-refractivity contribution in [3.8, 4) is 0 Å². The van der Waals surface area contributed by atoms with Gasteiger partial charge in [0, 0.05) is 25.4 Å². The van der Waals surface area contributed by atoms with Crippen molar-refractivity contribution >= 4 is 34.6 Å². The van der Waals surface area contributed by atoms with Crippen LogP contribution < -0.4 is 10.2 Å². The summed E-state index contributed by atoms with van der Waals surface area (Å²) >= 11 is 1.83. The maximum Gasteiger partial charge on any atom is 0.226 e. The van der Waals surface area contributed by atoms with Crippen LogP contribution in [0.5, 0.6) is 0 Å². The molecule has 104 valence electrons. The summed E-state index contributed by atoms with van der Waals surface area (Å²) in [7, 11) is 2.06. The third kappa shape index (κ3) is 2.91. The van der Waals surface area contributed by atoms with Gasteiger partial charge in [0.25, 0.3) is 0 Å². The first-order valence-corrected chi connectivity index (χ1v) is 7.73. The zero-order valence-electron chi connectivity index (χ0n) is 11.8. The number of rotatable bonds is 6. The molecule has 6 nitrogen and oxygen atoms in total. The lowest BCUT2D eigenvalue weighted by atomic mass is 10.3. The minimum atomic E-state index is 0.400. The Morgan fingerprint density at radius 2 is 2.26 bits per heavy atom. The number of hydrogen-bond donors (Lipinski definition) is 2. The molecule has 19 heavy (non-hydrogen) atoms. The molecule has 2 aromatic rings. The third-order valence-electron chi connectivity index (χ3n) is 3.03. The van der Waals surface area contributed by atoms with Crippen LogP contribution in [0.15, 0.2) is 6.20 Å². The van der Waals surface area contributed by atoms with Crippen molar-refractivity contribution in [2.45, 2.75) is 19.9 Å². The van der Waals surface area contributed by atoms with Crippen molar-refractivity contribution in [1.82, 2.24) is 20.2 Å². The number of nitrogens with one attached hydrogen (secondary N) is 2. The van der Waals surface area contributed by atoms with Crippen molar-refractivity contribution < 1.29 is 0 Å². The van der Waals surface area contributed by atoms with Crippen LogP contribution >= 0.6 is 11.8 Å². The fourth-order valence-corrected chi connectivity index (χ4v) is 2.59. The molecule has 0 aliphatic rings. The summed E-state index contributed by atoms with van der Waals surface area (Å²) in [5.41, 5.74) is 0.768. The molecule has 0 aliphatic heterocycles. The van der Waals surface area contributed by atoms with Gasteiger partial charge in [-0.05, 0) is 20.1 Å². The Bertz CT molecular complexity index is 540. The highest BCUT2D eigenvalue weighted by molar-refractivity contribution is 7.98. The fraction of sp³-hybridized carbons (Fsp3) is 0.583. The Morgan fingerprint density at radius 3 is 2.95 bits per heavy atom. The Labute approximate surface area is 117 Å². The van der Waals surface area contributed by atoms with E-state index in [0.717, 1.165) is 29.1 Å². The molecule has 2 rings (SSSR count). The van der Waals surface area contributed by atoms with Crippen LogP contribution in [-0.2, 0) is 0 Å². The molecule has 0 radical (unpaired) electrons. The Balaban J connectivity index is 2.41. The average Bonchev–Trinajstić information content (AvgIpc) is 2.85. The topological polar surface area (TPSA) is 69.7 Å². The van der Waals surface area contributed by atoms with Crippen LogP contribution in [0.1, 0.15) is 13.8 Å². The van der Waals surface area contributed by atoms with Crippen molar-refractivity contribution in [2.24, 2.45) is 0 Å². The lowest BCUT2D eigenvalue weighted by molar-refractivity contribution is 0.756. The monoisotopic (exact) mass is 280 g/mol. The van der Waals surface area contributed by atoms with Gasteiger partial charge < -0.3 is 10.2 Å². The van der Waals surface area contributed by atoms with E-state index in [2.05, 4.69) is 50.6 Å². The number of fused-ring (bicyclic) bond motifs is 1. The van der Waals surface area contributed by atoms with E-state index in [0.29, 0.717) is 12.0 Å². The van der Waals surface area contributed by atoms with Crippen molar-refractivity contribution in [3.63, 3.8) is 0 Å². The summed E-state index contributed by atoms with van der Waals surface area (Å²) in [5.74, 6) is 2.60. The predicted octanol–water partition coefficient (Wildman–Crippen LogP) is 1.97. The van der Waals surface area contributed by atoms with Crippen LogP contribution in [0.2, 0.25) is 0 Å². The molecular weight excluding hydrogens is 260 g/mol. The molecular formula is C12H20N6S. The summed E-state index contributed by atoms with van der Waals surface area (Å²) in [6.45, 7) is 5.01. The minimum Gasteiger partial charge on any atom is -0.355 e. The van der Waals surface area contributed by atoms with E-state index >= 15 is 0 Å². The molecule has 7 heteroatoms. The number of hydrogen-bond acceptors (Lipinski definition) is 6. The molecule has 0 bridgehead atoms. The molecule has 2 aromatic heterocycles. The molecule has 0 aliphatic carbocycles. The van der Waals surface area contributed by atoms with Crippen LogP contribution in [0.3, 0.4) is 0 Å². The van der Waals surface area contributed by atoms with Crippen molar-refractivity contribution in [3.05, 3.63) is 6.20 Å². The Morgan fingerprint density at radius 1 is 1.47 bits per heavy atom. The number of thioether (sulfide) groups is 1. The second kappa shape index (κ2) is 6.10. The van der Waals surface area contributed by atoms with Gasteiger partial charge in [0.2, 0.25) is 5.95 Å². The van der Waals surface area contributed by atoms with E-state index < -0.39 is 0 Å². The molecule has 0 fully saturated rings. The quantitative estimate of drug-likeness (QED) is 0.843. The van der Waals surface area contributed by atoms with Gasteiger partial charge in [0.15, 0.2) is 5.65 Å². The van der Waals surface area contributed by atoms with Gasteiger partial charge in [-0.25, -0.2) is 0 Å². The Hall–Kier alpha value is -1.50. The van der Waals surface area contributed by atoms with E-state index in [-0.39, 0.29) is 0 Å². The van der Waals surface area contributed by atoms with E-state index in [9.17, 15) is 0 Å². The van der Waals surface area contributed by atoms with Crippen molar-refractivity contribution in [2.75, 3.05) is 35.8 Å². The molecule has 0 saturated carbocycles. The maximum absolute atomic E-state index is 4.60. The summed E-state index contributed by atoms with van der Waals surface area (Å²) in [6, 6.07) is 0.400. The highest BCUT2D eigenvalue weighted by Crippen LogP contribution is 2.24. The zero-order valence-corrected chi connectivity index (χ0v) is 12.6. The third-order valence-corrected chi connectivity index (χ3v) is 3.84. The van der Waals surface area contributed by atoms with Gasteiger partial charge in [0.05, 0.1) is 11.6 Å². The molecule has 1 atom stereocenters. The minimum absolute atomic E-state index is 0.400. The highest BCUT2D eigenvalue weighted by atomic mass is 32.2. The number of H-pyrrole nitrogens is 1. The van der Waals surface area contributed by atoms with Gasteiger partial charge in [-0.3, -0.25) is 5.10 Å². The predicted molar refractivity (Wildman–Crippen MR) is 82.1 cm³/mol. The normalized spacial score (nSPS) is 12.6. The SMILES string of the molecule is CCNc1nc(N(C)C(C)CSC)c2cn[nH]c2n1. The number of aromatic nitrogens is 4. The summed E-state index contributed by atoms with van der Waals surface area (Å²) in [5, 5.41) is 11.1. The summed E-state index contributed by atoms with van der Waals surface area (Å²) in [6.07, 6.45) is 3.89. The first-order valence-electron chi connectivity index (χ1n) is 6.34. The van der Waals surface area contributed by atoms with Crippen LogP contribution in [0.25, 0.3) is 11.0 Å². The fourth-order valence-electron chi connectivity index (χ4n) is 1.89. The van der Waals surface area contributed by atoms with Gasteiger partial charge in [-0.15, -0.1) is 0 Å². The van der Waals surface area contributed by atoms with Gasteiger partial charge in [0.1, 0.15) is 5.82 Å². The molecule has 2 heterocycles. The van der Waals surface area contributed by atoms with E-state index in [1.807, 2.05) is 18.7 Å². The van der Waals surface area contributed by atoms with Gasteiger partial charge >= 0.3 is 0 Å². The molecule has 0 amide bonds. The smallest absolute Gasteiger partial charge is 0.226 e. The molecule has 0 saturated heterocycles. The zero-order chi connectivity index (χ0) is 13.8. The van der Waals surface area contributed by atoms with E-state index in [1.54, 1.807) is 6.20 Å². The van der Waals surface area contributed by atoms with Crippen LogP contribution in [-0.4, -0.2) is 51.8 Å². The molecule has 0 aromatic carbocycles. The first kappa shape index (κ1) is 13.9. The van der Waals surface area contributed by atoms with E-state index in [1.165, 1.54) is 0 Å². The highest BCUT2D eigenvalue weighted by Gasteiger charge is 2.17. The second-order valence-corrected chi connectivity index (χ2v) is 5.36. The van der Waals surface area contributed by atoms with Crippen LogP contribution in [0, 0.1) is 0 Å². The lowest BCUT2D eigenvalue weighted by Crippen LogP contribution is -2.31. The molecule has 0 spiro atoms. The molecule has 1 unspecified atom stereocenters. The maximum atomic E-state index is 4.60. The summed E-state index contributed by atoms with van der Waals surface area (Å²) < 4.78 is 0. The number of aromatic amines is 1. The average molecular weight is 280 g/mol. The van der Waals surface area contributed by atoms with Gasteiger partial charge in [-0.2, -0.15) is 26.8 Å². The molecule has 2 N–H and O–H groups in total.